The lowest BCUT2D eigenvalue weighted by atomic mass is 10.2. The van der Waals surface area contributed by atoms with Crippen molar-refractivity contribution in [2.75, 3.05) is 5.32 Å². The zero-order valence-corrected chi connectivity index (χ0v) is 11.6. The number of rotatable bonds is 3. The predicted octanol–water partition coefficient (Wildman–Crippen LogP) is 4.18. The number of halogens is 3. The number of benzene rings is 1. The molecule has 0 aliphatic carbocycles. The van der Waals surface area contributed by atoms with Crippen molar-refractivity contribution in [1.82, 2.24) is 4.98 Å². The second-order valence-corrected chi connectivity index (χ2v) is 4.56. The van der Waals surface area contributed by atoms with E-state index in [-0.39, 0.29) is 15.7 Å². The minimum absolute atomic E-state index is 0.154. The van der Waals surface area contributed by atoms with E-state index in [1.54, 1.807) is 18.2 Å². The molecule has 0 atom stereocenters. The van der Waals surface area contributed by atoms with E-state index < -0.39 is 11.7 Å². The van der Waals surface area contributed by atoms with Crippen LogP contribution in [0.25, 0.3) is 6.08 Å². The van der Waals surface area contributed by atoms with Crippen LogP contribution in [0.15, 0.2) is 42.6 Å². The van der Waals surface area contributed by atoms with E-state index in [9.17, 15) is 9.18 Å². The van der Waals surface area contributed by atoms with E-state index in [2.05, 4.69) is 10.3 Å². The molecule has 1 amide bonds. The SMILES string of the molecule is O=C(C=Cc1c(F)cccc1Cl)Nc1cccnc1Cl. The second-order valence-electron chi connectivity index (χ2n) is 3.80. The Morgan fingerprint density at radius 3 is 2.75 bits per heavy atom. The summed E-state index contributed by atoms with van der Waals surface area (Å²) in [4.78, 5) is 15.5. The van der Waals surface area contributed by atoms with Gasteiger partial charge in [0.25, 0.3) is 0 Å². The Morgan fingerprint density at radius 1 is 1.25 bits per heavy atom. The van der Waals surface area contributed by atoms with Gasteiger partial charge >= 0.3 is 0 Å². The monoisotopic (exact) mass is 310 g/mol. The second kappa shape index (κ2) is 6.50. The molecule has 0 bridgehead atoms. The van der Waals surface area contributed by atoms with Crippen LogP contribution in [-0.2, 0) is 4.79 Å². The fourth-order valence-corrected chi connectivity index (χ4v) is 1.88. The quantitative estimate of drug-likeness (QED) is 0.682. The lowest BCUT2D eigenvalue weighted by Crippen LogP contribution is -2.08. The van der Waals surface area contributed by atoms with Crippen LogP contribution in [0.1, 0.15) is 5.56 Å². The molecule has 0 aliphatic rings. The number of hydrogen-bond donors (Lipinski definition) is 1. The topological polar surface area (TPSA) is 42.0 Å². The average Bonchev–Trinajstić information content (AvgIpc) is 2.41. The first-order valence-electron chi connectivity index (χ1n) is 5.61. The van der Waals surface area contributed by atoms with Crippen molar-refractivity contribution in [3.8, 4) is 0 Å². The summed E-state index contributed by atoms with van der Waals surface area (Å²) in [6.07, 6.45) is 3.98. The molecule has 102 valence electrons. The van der Waals surface area contributed by atoms with Crippen LogP contribution in [-0.4, -0.2) is 10.9 Å². The Hall–Kier alpha value is -1.91. The summed E-state index contributed by atoms with van der Waals surface area (Å²) in [7, 11) is 0. The van der Waals surface area contributed by atoms with Gasteiger partial charge in [-0.05, 0) is 30.3 Å². The normalized spacial score (nSPS) is 10.8. The van der Waals surface area contributed by atoms with Gasteiger partial charge in [-0.3, -0.25) is 4.79 Å². The van der Waals surface area contributed by atoms with Gasteiger partial charge in [0.2, 0.25) is 5.91 Å². The highest BCUT2D eigenvalue weighted by Gasteiger charge is 2.05. The first-order chi connectivity index (χ1) is 9.58. The summed E-state index contributed by atoms with van der Waals surface area (Å²) in [6.45, 7) is 0. The van der Waals surface area contributed by atoms with E-state index in [0.29, 0.717) is 5.69 Å². The number of amides is 1. The first-order valence-corrected chi connectivity index (χ1v) is 6.37. The molecule has 0 saturated heterocycles. The molecule has 1 N–H and O–H groups in total. The third-order valence-electron chi connectivity index (χ3n) is 2.42. The van der Waals surface area contributed by atoms with E-state index >= 15 is 0 Å². The highest BCUT2D eigenvalue weighted by molar-refractivity contribution is 6.33. The Kier molecular flexibility index (Phi) is 4.71. The molecule has 6 heteroatoms. The fourth-order valence-electron chi connectivity index (χ4n) is 1.48. The summed E-state index contributed by atoms with van der Waals surface area (Å²) in [5.74, 6) is -0.958. The van der Waals surface area contributed by atoms with Crippen LogP contribution in [0.5, 0.6) is 0 Å². The Bertz CT molecular complexity index is 654. The van der Waals surface area contributed by atoms with Gasteiger partial charge in [0, 0.05) is 17.8 Å². The number of aromatic nitrogens is 1. The maximum Gasteiger partial charge on any atom is 0.248 e. The molecule has 2 rings (SSSR count). The molecule has 1 aromatic heterocycles. The van der Waals surface area contributed by atoms with Gasteiger partial charge in [-0.25, -0.2) is 9.37 Å². The molecular weight excluding hydrogens is 302 g/mol. The number of nitrogens with one attached hydrogen (secondary N) is 1. The zero-order chi connectivity index (χ0) is 14.5. The van der Waals surface area contributed by atoms with Gasteiger partial charge in [0.1, 0.15) is 5.82 Å². The Balaban J connectivity index is 2.12. The third-order valence-corrected chi connectivity index (χ3v) is 3.05. The summed E-state index contributed by atoms with van der Waals surface area (Å²) in [5, 5.41) is 2.94. The summed E-state index contributed by atoms with van der Waals surface area (Å²) >= 11 is 11.6. The largest absolute Gasteiger partial charge is 0.320 e. The molecule has 0 spiro atoms. The van der Waals surface area contributed by atoms with Gasteiger partial charge < -0.3 is 5.32 Å². The van der Waals surface area contributed by atoms with Crippen LogP contribution in [0.3, 0.4) is 0 Å². The molecule has 3 nitrogen and oxygen atoms in total. The van der Waals surface area contributed by atoms with Crippen LogP contribution in [0.2, 0.25) is 10.2 Å². The number of carbonyl (C=O) groups excluding carboxylic acids is 1. The van der Waals surface area contributed by atoms with Gasteiger partial charge in [0.15, 0.2) is 5.15 Å². The van der Waals surface area contributed by atoms with Crippen molar-refractivity contribution < 1.29 is 9.18 Å². The van der Waals surface area contributed by atoms with Crippen molar-refractivity contribution in [3.05, 3.63) is 64.2 Å². The van der Waals surface area contributed by atoms with Gasteiger partial charge in [-0.1, -0.05) is 29.3 Å². The maximum absolute atomic E-state index is 13.5. The van der Waals surface area contributed by atoms with Gasteiger partial charge in [-0.2, -0.15) is 0 Å². The van der Waals surface area contributed by atoms with E-state index in [0.717, 1.165) is 0 Å². The third kappa shape index (κ3) is 3.56. The van der Waals surface area contributed by atoms with Crippen LogP contribution < -0.4 is 5.32 Å². The minimum Gasteiger partial charge on any atom is -0.320 e. The Morgan fingerprint density at radius 2 is 2.05 bits per heavy atom. The number of hydrogen-bond acceptors (Lipinski definition) is 2. The summed E-state index contributed by atoms with van der Waals surface area (Å²) in [5.41, 5.74) is 0.532. The van der Waals surface area contributed by atoms with E-state index in [1.807, 2.05) is 0 Å². The number of carbonyl (C=O) groups is 1. The highest BCUT2D eigenvalue weighted by Crippen LogP contribution is 2.21. The molecule has 20 heavy (non-hydrogen) atoms. The van der Waals surface area contributed by atoms with Crippen LogP contribution in [0, 0.1) is 5.82 Å². The summed E-state index contributed by atoms with van der Waals surface area (Å²) < 4.78 is 13.5. The minimum atomic E-state index is -0.499. The number of nitrogens with zero attached hydrogens (tertiary/aromatic N) is 1. The maximum atomic E-state index is 13.5. The smallest absolute Gasteiger partial charge is 0.248 e. The van der Waals surface area contributed by atoms with Gasteiger partial charge in [0.05, 0.1) is 10.7 Å². The standard InChI is InChI=1S/C14H9Cl2FN2O/c15-10-3-1-4-11(17)9(10)6-7-13(20)19-12-5-2-8-18-14(12)16/h1-8H,(H,19,20). The zero-order valence-electron chi connectivity index (χ0n) is 10.1. The number of pyridine rings is 1. The lowest BCUT2D eigenvalue weighted by molar-refractivity contribution is -0.111. The molecular formula is C14H9Cl2FN2O. The highest BCUT2D eigenvalue weighted by atomic mass is 35.5. The Labute approximate surface area is 125 Å². The van der Waals surface area contributed by atoms with Crippen LogP contribution >= 0.6 is 23.2 Å². The molecule has 1 heterocycles. The van der Waals surface area contributed by atoms with E-state index in [1.165, 1.54) is 30.5 Å². The predicted molar refractivity (Wildman–Crippen MR) is 78.3 cm³/mol. The summed E-state index contributed by atoms with van der Waals surface area (Å²) in [6, 6.07) is 7.54. The fraction of sp³-hybridized carbons (Fsp3) is 0. The molecule has 2 aromatic rings. The number of anilines is 1. The first kappa shape index (κ1) is 14.5. The average molecular weight is 311 g/mol. The van der Waals surface area contributed by atoms with Crippen molar-refractivity contribution >= 4 is 40.9 Å². The van der Waals surface area contributed by atoms with E-state index in [4.69, 9.17) is 23.2 Å². The molecule has 0 unspecified atom stereocenters. The molecule has 0 aliphatic heterocycles. The van der Waals surface area contributed by atoms with Crippen LogP contribution in [0.4, 0.5) is 10.1 Å². The molecule has 0 radical (unpaired) electrons. The van der Waals surface area contributed by atoms with Crippen molar-refractivity contribution in [1.29, 1.82) is 0 Å². The lowest BCUT2D eigenvalue weighted by Gasteiger charge is -2.03. The molecule has 0 fully saturated rings. The van der Waals surface area contributed by atoms with Crippen molar-refractivity contribution in [2.24, 2.45) is 0 Å². The molecule has 0 saturated carbocycles. The van der Waals surface area contributed by atoms with Gasteiger partial charge in [-0.15, -0.1) is 0 Å². The van der Waals surface area contributed by atoms with Crippen molar-refractivity contribution in [2.45, 2.75) is 0 Å². The molecule has 1 aromatic carbocycles. The van der Waals surface area contributed by atoms with Crippen molar-refractivity contribution in [3.63, 3.8) is 0 Å².